The molecule has 2 aliphatic rings. The lowest BCUT2D eigenvalue weighted by Gasteiger charge is -2.40. The monoisotopic (exact) mass is 450 g/mol. The van der Waals surface area contributed by atoms with Gasteiger partial charge >= 0.3 is 0 Å². The lowest BCUT2D eigenvalue weighted by molar-refractivity contribution is 0.187. The summed E-state index contributed by atoms with van der Waals surface area (Å²) in [5.74, 6) is 0.472. The fourth-order valence-electron chi connectivity index (χ4n) is 4.15. The molecule has 0 radical (unpaired) electrons. The van der Waals surface area contributed by atoms with Crippen LogP contribution >= 0.6 is 11.6 Å². The SMILES string of the molecule is C=CCN(Cc1ccccc1F)S(=O)(=O)c1cc(Cl)ccc1N[C@@H]1C[C@@H]2COC[C@@H]21. The van der Waals surface area contributed by atoms with Gasteiger partial charge in [0.15, 0.2) is 0 Å². The van der Waals surface area contributed by atoms with E-state index in [9.17, 15) is 12.8 Å². The Kier molecular flexibility index (Phi) is 6.16. The highest BCUT2D eigenvalue weighted by Crippen LogP contribution is 2.42. The third kappa shape index (κ3) is 4.12. The molecule has 4 rings (SSSR count). The highest BCUT2D eigenvalue weighted by Gasteiger charge is 2.45. The maximum Gasteiger partial charge on any atom is 0.245 e. The Balaban J connectivity index is 1.65. The lowest BCUT2D eigenvalue weighted by Crippen LogP contribution is -2.45. The highest BCUT2D eigenvalue weighted by atomic mass is 35.5. The standard InChI is InChI=1S/C22H24ClFN2O3S/c1-2-9-26(12-15-5-3-4-6-19(15)24)30(27,28)22-11-17(23)7-8-20(22)25-21-10-16-13-29-14-18(16)21/h2-8,11,16,18,21,25H,1,9-10,12-14H2/t16-,18+,21-/m1/s1. The van der Waals surface area contributed by atoms with Gasteiger partial charge in [0.05, 0.1) is 12.3 Å². The van der Waals surface area contributed by atoms with Gasteiger partial charge in [0.25, 0.3) is 0 Å². The van der Waals surface area contributed by atoms with Gasteiger partial charge in [0.2, 0.25) is 10.0 Å². The highest BCUT2D eigenvalue weighted by molar-refractivity contribution is 7.89. The van der Waals surface area contributed by atoms with Crippen molar-refractivity contribution in [2.45, 2.75) is 23.9 Å². The van der Waals surface area contributed by atoms with Crippen molar-refractivity contribution in [2.24, 2.45) is 11.8 Å². The van der Waals surface area contributed by atoms with E-state index in [0.29, 0.717) is 34.7 Å². The molecule has 0 bridgehead atoms. The predicted molar refractivity (Wildman–Crippen MR) is 115 cm³/mol. The summed E-state index contributed by atoms with van der Waals surface area (Å²) in [4.78, 5) is 0.0792. The summed E-state index contributed by atoms with van der Waals surface area (Å²) in [6.45, 7) is 5.06. The minimum Gasteiger partial charge on any atom is -0.381 e. The molecule has 0 amide bonds. The number of anilines is 1. The molecule has 3 atom stereocenters. The molecule has 0 aromatic heterocycles. The van der Waals surface area contributed by atoms with Crippen molar-refractivity contribution in [3.8, 4) is 0 Å². The summed E-state index contributed by atoms with van der Waals surface area (Å²) < 4.78 is 48.0. The molecule has 1 saturated heterocycles. The molecule has 2 fully saturated rings. The van der Waals surface area contributed by atoms with Crippen LogP contribution in [0.4, 0.5) is 10.1 Å². The Hall–Kier alpha value is -1.93. The third-order valence-corrected chi connectivity index (χ3v) is 7.95. The largest absolute Gasteiger partial charge is 0.381 e. The van der Waals surface area contributed by atoms with Crippen LogP contribution in [0.3, 0.4) is 0 Å². The second-order valence-electron chi connectivity index (χ2n) is 7.77. The Bertz CT molecular complexity index is 1050. The molecule has 8 heteroatoms. The fraction of sp³-hybridized carbons (Fsp3) is 0.364. The van der Waals surface area contributed by atoms with E-state index in [1.54, 1.807) is 30.3 Å². The average molecular weight is 451 g/mol. The summed E-state index contributed by atoms with van der Waals surface area (Å²) in [5.41, 5.74) is 0.793. The minimum atomic E-state index is -3.97. The van der Waals surface area contributed by atoms with Crippen molar-refractivity contribution in [3.05, 3.63) is 71.5 Å². The van der Waals surface area contributed by atoms with Crippen LogP contribution in [0.15, 0.2) is 60.0 Å². The Morgan fingerprint density at radius 2 is 2.07 bits per heavy atom. The first kappa shape index (κ1) is 21.3. The normalized spacial score (nSPS) is 23.1. The molecule has 1 N–H and O–H groups in total. The van der Waals surface area contributed by atoms with E-state index in [1.807, 2.05) is 0 Å². The van der Waals surface area contributed by atoms with Crippen molar-refractivity contribution in [2.75, 3.05) is 25.1 Å². The minimum absolute atomic E-state index is 0.0462. The quantitative estimate of drug-likeness (QED) is 0.609. The van der Waals surface area contributed by atoms with Gasteiger partial charge in [-0.1, -0.05) is 35.9 Å². The third-order valence-electron chi connectivity index (χ3n) is 5.86. The maximum absolute atomic E-state index is 14.2. The van der Waals surface area contributed by atoms with E-state index in [-0.39, 0.29) is 24.0 Å². The topological polar surface area (TPSA) is 58.6 Å². The Morgan fingerprint density at radius 3 is 2.80 bits per heavy atom. The van der Waals surface area contributed by atoms with Crippen LogP contribution in [0.5, 0.6) is 0 Å². The Labute approximate surface area is 181 Å². The van der Waals surface area contributed by atoms with Gasteiger partial charge in [-0.3, -0.25) is 0 Å². The predicted octanol–water partition coefficient (Wildman–Crippen LogP) is 4.30. The van der Waals surface area contributed by atoms with Crippen LogP contribution in [0.1, 0.15) is 12.0 Å². The summed E-state index contributed by atoms with van der Waals surface area (Å²) in [5, 5.41) is 3.70. The van der Waals surface area contributed by atoms with Crippen LogP contribution < -0.4 is 5.32 Å². The molecule has 1 saturated carbocycles. The molecule has 0 spiro atoms. The van der Waals surface area contributed by atoms with E-state index in [4.69, 9.17) is 16.3 Å². The summed E-state index contributed by atoms with van der Waals surface area (Å²) in [6.07, 6.45) is 2.43. The average Bonchev–Trinajstić information content (AvgIpc) is 3.09. The van der Waals surface area contributed by atoms with Crippen molar-refractivity contribution >= 4 is 27.3 Å². The van der Waals surface area contributed by atoms with E-state index < -0.39 is 15.8 Å². The van der Waals surface area contributed by atoms with Gasteiger partial charge < -0.3 is 10.1 Å². The van der Waals surface area contributed by atoms with Gasteiger partial charge in [0, 0.05) is 42.2 Å². The number of sulfonamides is 1. The number of ether oxygens (including phenoxy) is 1. The van der Waals surface area contributed by atoms with E-state index in [2.05, 4.69) is 11.9 Å². The molecule has 1 aliphatic heterocycles. The first-order valence-corrected chi connectivity index (χ1v) is 11.7. The van der Waals surface area contributed by atoms with Crippen molar-refractivity contribution < 1.29 is 17.5 Å². The molecule has 5 nitrogen and oxygen atoms in total. The lowest BCUT2D eigenvalue weighted by atomic mass is 9.71. The molecule has 160 valence electrons. The zero-order chi connectivity index (χ0) is 21.3. The first-order chi connectivity index (χ1) is 14.4. The number of hydrogen-bond acceptors (Lipinski definition) is 4. The molecule has 1 heterocycles. The van der Waals surface area contributed by atoms with Crippen LogP contribution in [0, 0.1) is 17.7 Å². The van der Waals surface area contributed by atoms with Crippen molar-refractivity contribution in [3.63, 3.8) is 0 Å². The first-order valence-electron chi connectivity index (χ1n) is 9.88. The van der Waals surface area contributed by atoms with Crippen molar-refractivity contribution in [1.29, 1.82) is 0 Å². The van der Waals surface area contributed by atoms with Crippen molar-refractivity contribution in [1.82, 2.24) is 4.31 Å². The van der Waals surface area contributed by atoms with E-state index >= 15 is 0 Å². The van der Waals surface area contributed by atoms with Gasteiger partial charge in [-0.15, -0.1) is 6.58 Å². The molecule has 1 aliphatic carbocycles. The second kappa shape index (κ2) is 8.67. The number of hydrogen-bond donors (Lipinski definition) is 1. The second-order valence-corrected chi connectivity index (χ2v) is 10.1. The number of nitrogens with one attached hydrogen (secondary N) is 1. The van der Waals surface area contributed by atoms with E-state index in [0.717, 1.165) is 13.0 Å². The molecule has 2 aromatic rings. The zero-order valence-electron chi connectivity index (χ0n) is 16.4. The van der Waals surface area contributed by atoms with Crippen LogP contribution in [-0.4, -0.2) is 38.5 Å². The summed E-state index contributed by atoms with van der Waals surface area (Å²) in [7, 11) is -3.97. The number of nitrogens with zero attached hydrogens (tertiary/aromatic N) is 1. The van der Waals surface area contributed by atoms with Gasteiger partial charge in [-0.2, -0.15) is 4.31 Å². The smallest absolute Gasteiger partial charge is 0.245 e. The van der Waals surface area contributed by atoms with Gasteiger partial charge in [0.1, 0.15) is 10.7 Å². The molecular weight excluding hydrogens is 427 g/mol. The van der Waals surface area contributed by atoms with Crippen LogP contribution in [-0.2, 0) is 21.3 Å². The number of halogens is 2. The number of rotatable bonds is 8. The van der Waals surface area contributed by atoms with Crippen LogP contribution in [0.25, 0.3) is 0 Å². The summed E-state index contributed by atoms with van der Waals surface area (Å²) in [6, 6.07) is 11.1. The maximum atomic E-state index is 14.2. The van der Waals surface area contributed by atoms with Gasteiger partial charge in [-0.05, 0) is 36.6 Å². The zero-order valence-corrected chi connectivity index (χ0v) is 18.0. The number of benzene rings is 2. The molecule has 2 aromatic carbocycles. The fourth-order valence-corrected chi connectivity index (χ4v) is 5.96. The van der Waals surface area contributed by atoms with E-state index in [1.165, 1.54) is 22.5 Å². The summed E-state index contributed by atoms with van der Waals surface area (Å²) >= 11 is 6.15. The molecular formula is C22H24ClFN2O3S. The molecule has 0 unspecified atom stereocenters. The van der Waals surface area contributed by atoms with Gasteiger partial charge in [-0.25, -0.2) is 12.8 Å². The number of fused-ring (bicyclic) bond motifs is 1. The van der Waals surface area contributed by atoms with Crippen LogP contribution in [0.2, 0.25) is 5.02 Å². The molecule has 30 heavy (non-hydrogen) atoms. The Morgan fingerprint density at radius 1 is 1.27 bits per heavy atom.